The van der Waals surface area contributed by atoms with Crippen molar-refractivity contribution in [3.63, 3.8) is 0 Å². The van der Waals surface area contributed by atoms with Crippen LogP contribution in [0.3, 0.4) is 0 Å². The van der Waals surface area contributed by atoms with Gasteiger partial charge < -0.3 is 14.2 Å². The molecule has 0 spiro atoms. The summed E-state index contributed by atoms with van der Waals surface area (Å²) in [5.74, 6) is -0.212. The van der Waals surface area contributed by atoms with Crippen molar-refractivity contribution in [3.8, 4) is 0 Å². The molecule has 1 aliphatic heterocycles. The zero-order valence-corrected chi connectivity index (χ0v) is 11.2. The van der Waals surface area contributed by atoms with E-state index in [1.165, 1.54) is 7.11 Å². The molecule has 0 N–H and O–H groups in total. The van der Waals surface area contributed by atoms with E-state index in [0.29, 0.717) is 19.6 Å². The van der Waals surface area contributed by atoms with Gasteiger partial charge in [-0.1, -0.05) is 30.3 Å². The van der Waals surface area contributed by atoms with E-state index in [9.17, 15) is 4.79 Å². The third kappa shape index (κ3) is 4.65. The number of esters is 1. The predicted octanol–water partition coefficient (Wildman–Crippen LogP) is 2.31. The van der Waals surface area contributed by atoms with Gasteiger partial charge in [0.05, 0.1) is 39.0 Å². The molecule has 0 aromatic heterocycles. The van der Waals surface area contributed by atoms with Crippen LogP contribution in [-0.2, 0) is 25.6 Å². The Balaban J connectivity index is 1.64. The highest BCUT2D eigenvalue weighted by molar-refractivity contribution is 5.69. The summed E-state index contributed by atoms with van der Waals surface area (Å²) in [6.45, 7) is 1.18. The summed E-state index contributed by atoms with van der Waals surface area (Å²) in [7, 11) is 1.40. The predicted molar refractivity (Wildman–Crippen MR) is 70.6 cm³/mol. The van der Waals surface area contributed by atoms with Crippen molar-refractivity contribution in [2.45, 2.75) is 38.1 Å². The highest BCUT2D eigenvalue weighted by atomic mass is 16.5. The third-order valence-corrected chi connectivity index (χ3v) is 3.23. The second-order valence-corrected chi connectivity index (χ2v) is 4.74. The van der Waals surface area contributed by atoms with Crippen molar-refractivity contribution in [2.24, 2.45) is 0 Å². The molecule has 1 saturated heterocycles. The molecular weight excluding hydrogens is 244 g/mol. The molecule has 1 aliphatic rings. The van der Waals surface area contributed by atoms with Gasteiger partial charge in [-0.2, -0.15) is 0 Å². The summed E-state index contributed by atoms with van der Waals surface area (Å²) in [5, 5.41) is 0. The van der Waals surface area contributed by atoms with Crippen LogP contribution >= 0.6 is 0 Å². The minimum Gasteiger partial charge on any atom is -0.469 e. The first-order valence-electron chi connectivity index (χ1n) is 6.62. The van der Waals surface area contributed by atoms with E-state index in [-0.39, 0.29) is 18.2 Å². The van der Waals surface area contributed by atoms with Crippen molar-refractivity contribution < 1.29 is 19.0 Å². The number of methoxy groups -OCH3 is 1. The summed E-state index contributed by atoms with van der Waals surface area (Å²) in [6, 6.07) is 10.1. The Labute approximate surface area is 113 Å². The second kappa shape index (κ2) is 7.26. The van der Waals surface area contributed by atoms with Gasteiger partial charge >= 0.3 is 5.97 Å². The molecule has 2 rings (SSSR count). The van der Waals surface area contributed by atoms with Crippen LogP contribution in [0.5, 0.6) is 0 Å². The fourth-order valence-electron chi connectivity index (χ4n) is 2.20. The second-order valence-electron chi connectivity index (χ2n) is 4.74. The molecule has 1 fully saturated rings. The van der Waals surface area contributed by atoms with E-state index in [0.717, 1.165) is 18.4 Å². The Morgan fingerprint density at radius 2 is 2.00 bits per heavy atom. The van der Waals surface area contributed by atoms with E-state index in [2.05, 4.69) is 4.74 Å². The minimum absolute atomic E-state index is 0.0159. The average Bonchev–Trinajstić information content (AvgIpc) is 2.87. The molecule has 0 amide bonds. The average molecular weight is 264 g/mol. The van der Waals surface area contributed by atoms with Crippen molar-refractivity contribution in [2.75, 3.05) is 13.7 Å². The van der Waals surface area contributed by atoms with Gasteiger partial charge in [-0.05, 0) is 18.4 Å². The smallest absolute Gasteiger partial charge is 0.308 e. The fourth-order valence-corrected chi connectivity index (χ4v) is 2.20. The quantitative estimate of drug-likeness (QED) is 0.740. The first-order valence-corrected chi connectivity index (χ1v) is 6.62. The maximum absolute atomic E-state index is 11.1. The van der Waals surface area contributed by atoms with Crippen LogP contribution in [0.25, 0.3) is 0 Å². The number of benzene rings is 1. The largest absolute Gasteiger partial charge is 0.469 e. The molecule has 4 heteroatoms. The van der Waals surface area contributed by atoms with Crippen LogP contribution in [0.1, 0.15) is 24.8 Å². The zero-order chi connectivity index (χ0) is 13.5. The SMILES string of the molecule is COC(=O)C[C@@H]1CC[C@@H](COCc2ccccc2)O1. The van der Waals surface area contributed by atoms with Crippen molar-refractivity contribution >= 4 is 5.97 Å². The van der Waals surface area contributed by atoms with E-state index in [1.807, 2.05) is 30.3 Å². The van der Waals surface area contributed by atoms with Crippen molar-refractivity contribution in [1.82, 2.24) is 0 Å². The molecule has 1 heterocycles. The number of hydrogen-bond acceptors (Lipinski definition) is 4. The number of carbonyl (C=O) groups excluding carboxylic acids is 1. The lowest BCUT2D eigenvalue weighted by Gasteiger charge is -2.13. The monoisotopic (exact) mass is 264 g/mol. The summed E-state index contributed by atoms with van der Waals surface area (Å²) in [5.41, 5.74) is 1.16. The molecule has 0 bridgehead atoms. The number of carbonyl (C=O) groups is 1. The van der Waals surface area contributed by atoms with Crippen LogP contribution in [0.15, 0.2) is 30.3 Å². The molecule has 0 unspecified atom stereocenters. The Bertz CT molecular complexity index is 390. The maximum atomic E-state index is 11.1. The van der Waals surface area contributed by atoms with E-state index < -0.39 is 0 Å². The number of hydrogen-bond donors (Lipinski definition) is 0. The molecule has 0 aliphatic carbocycles. The van der Waals surface area contributed by atoms with Crippen LogP contribution in [0.2, 0.25) is 0 Å². The van der Waals surface area contributed by atoms with Crippen LogP contribution < -0.4 is 0 Å². The topological polar surface area (TPSA) is 44.8 Å². The molecule has 0 saturated carbocycles. The van der Waals surface area contributed by atoms with Gasteiger partial charge in [0, 0.05) is 0 Å². The lowest BCUT2D eigenvalue weighted by Crippen LogP contribution is -2.19. The van der Waals surface area contributed by atoms with Gasteiger partial charge in [0.15, 0.2) is 0 Å². The molecule has 104 valence electrons. The van der Waals surface area contributed by atoms with Gasteiger partial charge in [0.2, 0.25) is 0 Å². The van der Waals surface area contributed by atoms with Gasteiger partial charge in [-0.25, -0.2) is 0 Å². The lowest BCUT2D eigenvalue weighted by molar-refractivity contribution is -0.144. The summed E-state index contributed by atoms with van der Waals surface area (Å²) < 4.78 is 16.0. The summed E-state index contributed by atoms with van der Waals surface area (Å²) >= 11 is 0. The standard InChI is InChI=1S/C15H20O4/c1-17-15(16)9-13-7-8-14(19-13)11-18-10-12-5-3-2-4-6-12/h2-6,13-14H,7-11H2,1H3/t13-,14-/m0/s1. The Morgan fingerprint density at radius 1 is 1.26 bits per heavy atom. The first kappa shape index (κ1) is 14.0. The first-order chi connectivity index (χ1) is 9.28. The van der Waals surface area contributed by atoms with Crippen LogP contribution in [0.4, 0.5) is 0 Å². The van der Waals surface area contributed by atoms with E-state index >= 15 is 0 Å². The highest BCUT2D eigenvalue weighted by Gasteiger charge is 2.27. The lowest BCUT2D eigenvalue weighted by atomic mass is 10.1. The molecule has 2 atom stereocenters. The van der Waals surface area contributed by atoms with E-state index in [4.69, 9.17) is 9.47 Å². The normalized spacial score (nSPS) is 22.4. The Hall–Kier alpha value is -1.39. The molecule has 1 aromatic carbocycles. The molecule has 0 radical (unpaired) electrons. The molecular formula is C15H20O4. The number of rotatable bonds is 6. The molecule has 19 heavy (non-hydrogen) atoms. The highest BCUT2D eigenvalue weighted by Crippen LogP contribution is 2.22. The van der Waals surface area contributed by atoms with Gasteiger partial charge in [-0.15, -0.1) is 0 Å². The Kier molecular flexibility index (Phi) is 5.36. The maximum Gasteiger partial charge on any atom is 0.308 e. The van der Waals surface area contributed by atoms with Crippen LogP contribution in [0, 0.1) is 0 Å². The molecule has 1 aromatic rings. The third-order valence-electron chi connectivity index (χ3n) is 3.23. The fraction of sp³-hybridized carbons (Fsp3) is 0.533. The Morgan fingerprint density at radius 3 is 2.74 bits per heavy atom. The van der Waals surface area contributed by atoms with Crippen LogP contribution in [-0.4, -0.2) is 31.9 Å². The van der Waals surface area contributed by atoms with Gasteiger partial charge in [0.25, 0.3) is 0 Å². The minimum atomic E-state index is -0.212. The summed E-state index contributed by atoms with van der Waals surface area (Å²) in [6.07, 6.45) is 2.26. The van der Waals surface area contributed by atoms with Crippen molar-refractivity contribution in [1.29, 1.82) is 0 Å². The van der Waals surface area contributed by atoms with Gasteiger partial charge in [0.1, 0.15) is 0 Å². The van der Waals surface area contributed by atoms with Gasteiger partial charge in [-0.3, -0.25) is 4.79 Å². The molecule has 4 nitrogen and oxygen atoms in total. The van der Waals surface area contributed by atoms with Crippen molar-refractivity contribution in [3.05, 3.63) is 35.9 Å². The number of ether oxygens (including phenoxy) is 3. The van der Waals surface area contributed by atoms with E-state index in [1.54, 1.807) is 0 Å². The zero-order valence-electron chi connectivity index (χ0n) is 11.2. The summed E-state index contributed by atoms with van der Waals surface area (Å²) in [4.78, 5) is 11.1.